The van der Waals surface area contributed by atoms with E-state index in [0.29, 0.717) is 11.3 Å². The zero-order valence-electron chi connectivity index (χ0n) is 15.5. The van der Waals surface area contributed by atoms with E-state index in [-0.39, 0.29) is 18.2 Å². The lowest BCUT2D eigenvalue weighted by molar-refractivity contribution is -0.140. The SMILES string of the molecule is CC(C)N1C(=O)[C@](O)(CC(=O)/C=C/C=C/c2ccccc2)c2ccccc21. The second kappa shape index (κ2) is 7.72. The standard InChI is InChI=1S/C23H23NO3/c1-17(2)24-21-15-9-8-14-20(21)23(27,22(24)26)16-19(25)13-7-6-12-18-10-4-3-5-11-18/h3-15,17,27H,16H2,1-2H3/b12-6+,13-7+/t23-/m0/s1. The molecule has 138 valence electrons. The molecule has 2 aromatic carbocycles. The number of hydrogen-bond acceptors (Lipinski definition) is 3. The molecular weight excluding hydrogens is 338 g/mol. The monoisotopic (exact) mass is 361 g/mol. The maximum atomic E-state index is 12.9. The third-order valence-corrected chi connectivity index (χ3v) is 4.61. The molecule has 0 aliphatic carbocycles. The highest BCUT2D eigenvalue weighted by atomic mass is 16.3. The summed E-state index contributed by atoms with van der Waals surface area (Å²) < 4.78 is 0. The third-order valence-electron chi connectivity index (χ3n) is 4.61. The normalized spacial score (nSPS) is 19.4. The highest BCUT2D eigenvalue weighted by Gasteiger charge is 2.51. The van der Waals surface area contributed by atoms with Gasteiger partial charge in [-0.15, -0.1) is 0 Å². The van der Waals surface area contributed by atoms with E-state index in [1.807, 2.05) is 56.3 Å². The molecule has 1 aliphatic heterocycles. The Morgan fingerprint density at radius 3 is 2.44 bits per heavy atom. The Kier molecular flexibility index (Phi) is 5.38. The average Bonchev–Trinajstić information content (AvgIpc) is 2.87. The molecule has 1 aliphatic rings. The molecule has 3 rings (SSSR count). The van der Waals surface area contributed by atoms with Crippen LogP contribution in [0.15, 0.2) is 72.8 Å². The molecule has 1 N–H and O–H groups in total. The van der Waals surface area contributed by atoms with Gasteiger partial charge in [0.15, 0.2) is 11.4 Å². The molecule has 4 heteroatoms. The van der Waals surface area contributed by atoms with E-state index in [2.05, 4.69) is 0 Å². The van der Waals surface area contributed by atoms with Gasteiger partial charge in [0.2, 0.25) is 0 Å². The number of benzene rings is 2. The van der Waals surface area contributed by atoms with Crippen molar-refractivity contribution in [2.24, 2.45) is 0 Å². The summed E-state index contributed by atoms with van der Waals surface area (Å²) in [6.45, 7) is 3.77. The van der Waals surface area contributed by atoms with E-state index in [4.69, 9.17) is 0 Å². The van der Waals surface area contributed by atoms with E-state index >= 15 is 0 Å². The molecule has 0 radical (unpaired) electrons. The Morgan fingerprint density at radius 1 is 1.07 bits per heavy atom. The minimum absolute atomic E-state index is 0.105. The average molecular weight is 361 g/mol. The van der Waals surface area contributed by atoms with E-state index < -0.39 is 11.5 Å². The Labute approximate surface area is 159 Å². The predicted octanol–water partition coefficient (Wildman–Crippen LogP) is 3.86. The maximum absolute atomic E-state index is 12.9. The quantitative estimate of drug-likeness (QED) is 0.628. The minimum atomic E-state index is -1.81. The summed E-state index contributed by atoms with van der Waals surface area (Å²) in [7, 11) is 0. The Morgan fingerprint density at radius 2 is 1.74 bits per heavy atom. The lowest BCUT2D eigenvalue weighted by Crippen LogP contribution is -2.44. The van der Waals surface area contributed by atoms with Crippen LogP contribution >= 0.6 is 0 Å². The van der Waals surface area contributed by atoms with Gasteiger partial charge in [-0.25, -0.2) is 0 Å². The van der Waals surface area contributed by atoms with Crippen molar-refractivity contribution in [3.8, 4) is 0 Å². The second-order valence-corrected chi connectivity index (χ2v) is 6.92. The number of rotatable bonds is 6. The van der Waals surface area contributed by atoms with Gasteiger partial charge in [0.25, 0.3) is 5.91 Å². The number of carbonyl (C=O) groups is 2. The van der Waals surface area contributed by atoms with Gasteiger partial charge >= 0.3 is 0 Å². The van der Waals surface area contributed by atoms with Crippen molar-refractivity contribution in [2.75, 3.05) is 4.90 Å². The van der Waals surface area contributed by atoms with Gasteiger partial charge in [-0.05, 0) is 31.6 Å². The van der Waals surface area contributed by atoms with Crippen LogP contribution in [0.25, 0.3) is 6.08 Å². The van der Waals surface area contributed by atoms with E-state index in [1.54, 1.807) is 35.3 Å². The number of carbonyl (C=O) groups excluding carboxylic acids is 2. The molecular formula is C23H23NO3. The summed E-state index contributed by atoms with van der Waals surface area (Å²) in [5.41, 5.74) is 0.373. The van der Waals surface area contributed by atoms with Crippen molar-refractivity contribution in [3.05, 3.63) is 84.0 Å². The number of anilines is 1. The van der Waals surface area contributed by atoms with Crippen LogP contribution in [0.2, 0.25) is 0 Å². The molecule has 0 fully saturated rings. The fourth-order valence-corrected chi connectivity index (χ4v) is 3.35. The lowest BCUT2D eigenvalue weighted by atomic mass is 9.90. The van der Waals surface area contributed by atoms with Crippen LogP contribution in [0, 0.1) is 0 Å². The Bertz CT molecular complexity index is 899. The Balaban J connectivity index is 1.76. The number of allylic oxidation sites excluding steroid dienone is 3. The zero-order valence-corrected chi connectivity index (χ0v) is 15.5. The van der Waals surface area contributed by atoms with Crippen LogP contribution in [0.4, 0.5) is 5.69 Å². The highest BCUT2D eigenvalue weighted by molar-refractivity contribution is 6.10. The summed E-state index contributed by atoms with van der Waals surface area (Å²) in [6.07, 6.45) is 6.40. The lowest BCUT2D eigenvalue weighted by Gasteiger charge is -2.25. The van der Waals surface area contributed by atoms with Crippen LogP contribution in [-0.2, 0) is 15.2 Å². The fourth-order valence-electron chi connectivity index (χ4n) is 3.35. The summed E-state index contributed by atoms with van der Waals surface area (Å²) in [4.78, 5) is 26.8. The number of aliphatic hydroxyl groups is 1. The van der Waals surface area contributed by atoms with Crippen LogP contribution < -0.4 is 4.90 Å². The van der Waals surface area contributed by atoms with Gasteiger partial charge in [-0.3, -0.25) is 9.59 Å². The minimum Gasteiger partial charge on any atom is -0.375 e. The van der Waals surface area contributed by atoms with Crippen LogP contribution in [-0.4, -0.2) is 22.8 Å². The summed E-state index contributed by atoms with van der Waals surface area (Å²) >= 11 is 0. The van der Waals surface area contributed by atoms with Crippen LogP contribution in [0.5, 0.6) is 0 Å². The predicted molar refractivity (Wildman–Crippen MR) is 107 cm³/mol. The molecule has 0 unspecified atom stereocenters. The van der Waals surface area contributed by atoms with Crippen LogP contribution in [0.3, 0.4) is 0 Å². The first-order valence-electron chi connectivity index (χ1n) is 9.01. The van der Waals surface area contributed by atoms with Crippen molar-refractivity contribution in [3.63, 3.8) is 0 Å². The number of nitrogens with zero attached hydrogens (tertiary/aromatic N) is 1. The molecule has 4 nitrogen and oxygen atoms in total. The van der Waals surface area contributed by atoms with Crippen LogP contribution in [0.1, 0.15) is 31.4 Å². The molecule has 0 spiro atoms. The topological polar surface area (TPSA) is 57.6 Å². The number of amides is 1. The van der Waals surface area contributed by atoms with Crippen molar-refractivity contribution in [1.82, 2.24) is 0 Å². The third kappa shape index (κ3) is 3.76. The number of fused-ring (bicyclic) bond motifs is 1. The largest absolute Gasteiger partial charge is 0.375 e. The van der Waals surface area contributed by atoms with Crippen molar-refractivity contribution < 1.29 is 14.7 Å². The molecule has 1 amide bonds. The molecule has 0 aromatic heterocycles. The summed E-state index contributed by atoms with van der Waals surface area (Å²) in [5, 5.41) is 11.1. The first-order valence-corrected chi connectivity index (χ1v) is 9.01. The van der Waals surface area contributed by atoms with E-state index in [0.717, 1.165) is 5.56 Å². The maximum Gasteiger partial charge on any atom is 0.264 e. The van der Waals surface area contributed by atoms with Crippen molar-refractivity contribution in [2.45, 2.75) is 31.9 Å². The van der Waals surface area contributed by atoms with Gasteiger partial charge in [-0.2, -0.15) is 0 Å². The molecule has 1 heterocycles. The first kappa shape index (κ1) is 18.8. The Hall–Kier alpha value is -2.98. The van der Waals surface area contributed by atoms with Gasteiger partial charge in [0, 0.05) is 11.6 Å². The van der Waals surface area contributed by atoms with Crippen molar-refractivity contribution in [1.29, 1.82) is 0 Å². The number of para-hydroxylation sites is 1. The molecule has 0 bridgehead atoms. The first-order chi connectivity index (χ1) is 12.9. The van der Waals surface area contributed by atoms with Gasteiger partial charge in [-0.1, -0.05) is 66.8 Å². The fraction of sp³-hybridized carbons (Fsp3) is 0.217. The highest BCUT2D eigenvalue weighted by Crippen LogP contribution is 2.43. The summed E-state index contributed by atoms with van der Waals surface area (Å²) in [6, 6.07) is 16.7. The molecule has 2 aromatic rings. The van der Waals surface area contributed by atoms with E-state index in [1.165, 1.54) is 6.08 Å². The number of ketones is 1. The zero-order chi connectivity index (χ0) is 19.4. The summed E-state index contributed by atoms with van der Waals surface area (Å²) in [5.74, 6) is -0.746. The number of hydrogen-bond donors (Lipinski definition) is 1. The molecule has 0 saturated heterocycles. The van der Waals surface area contributed by atoms with Gasteiger partial charge in [0.1, 0.15) is 0 Å². The van der Waals surface area contributed by atoms with Gasteiger partial charge < -0.3 is 10.0 Å². The van der Waals surface area contributed by atoms with E-state index in [9.17, 15) is 14.7 Å². The molecule has 27 heavy (non-hydrogen) atoms. The molecule has 1 atom stereocenters. The smallest absolute Gasteiger partial charge is 0.264 e. The van der Waals surface area contributed by atoms with Gasteiger partial charge in [0.05, 0.1) is 12.1 Å². The molecule has 0 saturated carbocycles. The van der Waals surface area contributed by atoms with Crippen molar-refractivity contribution >= 4 is 23.5 Å². The second-order valence-electron chi connectivity index (χ2n) is 6.92.